The molecule has 1 aliphatic heterocycles. The minimum absolute atomic E-state index is 0.0672. The highest BCUT2D eigenvalue weighted by atomic mass is 35.5. The molecule has 1 unspecified atom stereocenters. The molecule has 30 heavy (non-hydrogen) atoms. The van der Waals surface area contributed by atoms with Crippen molar-refractivity contribution in [1.29, 1.82) is 0 Å². The van der Waals surface area contributed by atoms with Crippen LogP contribution in [0.4, 0.5) is 10.7 Å². The number of benzene rings is 1. The molecule has 1 atom stereocenters. The Labute approximate surface area is 187 Å². The van der Waals surface area contributed by atoms with Crippen molar-refractivity contribution in [2.45, 2.75) is 19.8 Å². The minimum atomic E-state index is -0.404. The highest BCUT2D eigenvalue weighted by Gasteiger charge is 2.36. The van der Waals surface area contributed by atoms with Crippen LogP contribution in [0.5, 0.6) is 0 Å². The van der Waals surface area contributed by atoms with Crippen molar-refractivity contribution in [1.82, 2.24) is 4.98 Å². The fourth-order valence-corrected chi connectivity index (χ4v) is 5.19. The zero-order chi connectivity index (χ0) is 21.6. The summed E-state index contributed by atoms with van der Waals surface area (Å²) in [5, 5.41) is 4.67. The SMILES string of the molecule is CC(=O)C1=C(C)Nc2sc(C(=O)c3ccc(Cl)c(Cl)c3)c(N)c2C1c1cccnc1. The lowest BCUT2D eigenvalue weighted by Crippen LogP contribution is -2.21. The van der Waals surface area contributed by atoms with Crippen LogP contribution in [0.1, 0.15) is 46.1 Å². The third kappa shape index (κ3) is 3.41. The van der Waals surface area contributed by atoms with Gasteiger partial charge in [-0.1, -0.05) is 29.3 Å². The van der Waals surface area contributed by atoms with Gasteiger partial charge in [-0.05, 0) is 43.7 Å². The molecule has 1 aliphatic rings. The van der Waals surface area contributed by atoms with Crippen LogP contribution in [0.15, 0.2) is 54.0 Å². The quantitative estimate of drug-likeness (QED) is 0.491. The van der Waals surface area contributed by atoms with Gasteiger partial charge in [-0.3, -0.25) is 14.6 Å². The van der Waals surface area contributed by atoms with E-state index in [1.165, 1.54) is 24.3 Å². The number of Topliss-reactive ketones (excluding diaryl/α,β-unsaturated/α-hetero) is 1. The van der Waals surface area contributed by atoms with Gasteiger partial charge in [0.2, 0.25) is 5.78 Å². The highest BCUT2D eigenvalue weighted by molar-refractivity contribution is 7.19. The molecular formula is C22H17Cl2N3O2S. The van der Waals surface area contributed by atoms with E-state index in [-0.39, 0.29) is 11.6 Å². The Kier molecular flexibility index (Phi) is 5.40. The Bertz CT molecular complexity index is 1220. The first-order valence-electron chi connectivity index (χ1n) is 9.10. The maximum Gasteiger partial charge on any atom is 0.205 e. The first kappa shape index (κ1) is 20.6. The summed E-state index contributed by atoms with van der Waals surface area (Å²) >= 11 is 13.3. The van der Waals surface area contributed by atoms with Crippen LogP contribution in [0.3, 0.4) is 0 Å². The van der Waals surface area contributed by atoms with Gasteiger partial charge in [-0.25, -0.2) is 0 Å². The number of nitrogen functional groups attached to an aromatic ring is 1. The summed E-state index contributed by atoms with van der Waals surface area (Å²) < 4.78 is 0. The smallest absolute Gasteiger partial charge is 0.205 e. The van der Waals surface area contributed by atoms with E-state index in [1.54, 1.807) is 24.5 Å². The van der Waals surface area contributed by atoms with Gasteiger partial charge in [0.05, 0.1) is 20.7 Å². The van der Waals surface area contributed by atoms with Gasteiger partial charge in [0.15, 0.2) is 5.78 Å². The van der Waals surface area contributed by atoms with E-state index in [9.17, 15) is 9.59 Å². The summed E-state index contributed by atoms with van der Waals surface area (Å²) in [6.45, 7) is 3.37. The van der Waals surface area contributed by atoms with Crippen molar-refractivity contribution in [2.75, 3.05) is 11.1 Å². The monoisotopic (exact) mass is 457 g/mol. The van der Waals surface area contributed by atoms with Gasteiger partial charge in [0, 0.05) is 40.7 Å². The predicted molar refractivity (Wildman–Crippen MR) is 122 cm³/mol. The number of thiophene rings is 1. The fourth-order valence-electron chi connectivity index (χ4n) is 3.72. The molecule has 0 fully saturated rings. The molecule has 3 aromatic rings. The van der Waals surface area contributed by atoms with E-state index in [4.69, 9.17) is 28.9 Å². The maximum atomic E-state index is 13.2. The normalized spacial score (nSPS) is 15.5. The number of pyridine rings is 1. The van der Waals surface area contributed by atoms with Crippen LogP contribution in [-0.4, -0.2) is 16.6 Å². The van der Waals surface area contributed by atoms with E-state index >= 15 is 0 Å². The number of anilines is 2. The van der Waals surface area contributed by atoms with Crippen molar-refractivity contribution in [3.63, 3.8) is 0 Å². The number of fused-ring (bicyclic) bond motifs is 1. The standard InChI is InChI=1S/C22H17Cl2N3O2S/c1-10-16(11(2)28)17(13-4-3-7-26-9-13)18-19(25)21(30-22(18)27-10)20(29)12-5-6-14(23)15(24)8-12/h3-9,17,27H,25H2,1-2H3. The van der Waals surface area contributed by atoms with Crippen LogP contribution in [-0.2, 0) is 4.79 Å². The van der Waals surface area contributed by atoms with Crippen molar-refractivity contribution in [3.8, 4) is 0 Å². The summed E-state index contributed by atoms with van der Waals surface area (Å²) in [6, 6.07) is 8.44. The van der Waals surface area contributed by atoms with Crippen molar-refractivity contribution in [2.24, 2.45) is 0 Å². The van der Waals surface area contributed by atoms with Crippen LogP contribution in [0.2, 0.25) is 10.0 Å². The lowest BCUT2D eigenvalue weighted by atomic mass is 9.81. The van der Waals surface area contributed by atoms with Crippen molar-refractivity contribution in [3.05, 3.63) is 85.6 Å². The Balaban J connectivity index is 1.88. The Hall–Kier alpha value is -2.67. The summed E-state index contributed by atoms with van der Waals surface area (Å²) in [4.78, 5) is 30.3. The van der Waals surface area contributed by atoms with Gasteiger partial charge in [-0.2, -0.15) is 0 Å². The molecule has 152 valence electrons. The first-order valence-corrected chi connectivity index (χ1v) is 10.7. The number of carbonyl (C=O) groups excluding carboxylic acids is 2. The number of rotatable bonds is 4. The lowest BCUT2D eigenvalue weighted by molar-refractivity contribution is -0.113. The number of hydrogen-bond donors (Lipinski definition) is 2. The number of hydrogen-bond acceptors (Lipinski definition) is 6. The Morgan fingerprint density at radius 2 is 1.97 bits per heavy atom. The minimum Gasteiger partial charge on any atom is -0.397 e. The van der Waals surface area contributed by atoms with Crippen molar-refractivity contribution >= 4 is 56.8 Å². The zero-order valence-electron chi connectivity index (χ0n) is 16.1. The molecule has 0 amide bonds. The van der Waals surface area contributed by atoms with Crippen LogP contribution in [0, 0.1) is 0 Å². The summed E-state index contributed by atoms with van der Waals surface area (Å²) in [6.07, 6.45) is 3.39. The second-order valence-corrected chi connectivity index (χ2v) is 8.82. The topological polar surface area (TPSA) is 85.1 Å². The molecule has 3 heterocycles. The number of allylic oxidation sites excluding steroid dienone is 2. The summed E-state index contributed by atoms with van der Waals surface area (Å²) in [5.41, 5.74) is 10.1. The number of halogens is 2. The number of nitrogens with zero attached hydrogens (tertiary/aromatic N) is 1. The molecule has 3 N–H and O–H groups in total. The van der Waals surface area contributed by atoms with Gasteiger partial charge in [0.25, 0.3) is 0 Å². The molecule has 8 heteroatoms. The molecule has 0 spiro atoms. The first-order chi connectivity index (χ1) is 14.3. The predicted octanol–water partition coefficient (Wildman–Crippen LogP) is 5.68. The molecule has 0 saturated carbocycles. The summed E-state index contributed by atoms with van der Waals surface area (Å²) in [7, 11) is 0. The lowest BCUT2D eigenvalue weighted by Gasteiger charge is -2.28. The van der Waals surface area contributed by atoms with Crippen LogP contribution in [0.25, 0.3) is 0 Å². The fraction of sp³-hybridized carbons (Fsp3) is 0.136. The van der Waals surface area contributed by atoms with Gasteiger partial charge in [0.1, 0.15) is 4.88 Å². The van der Waals surface area contributed by atoms with E-state index in [0.717, 1.165) is 16.3 Å². The molecule has 0 saturated heterocycles. The van der Waals surface area contributed by atoms with E-state index in [0.29, 0.717) is 37.3 Å². The molecule has 0 radical (unpaired) electrons. The number of nitrogens with one attached hydrogen (secondary N) is 1. The average Bonchev–Trinajstić information content (AvgIpc) is 3.04. The molecule has 2 aromatic heterocycles. The van der Waals surface area contributed by atoms with Crippen LogP contribution < -0.4 is 11.1 Å². The van der Waals surface area contributed by atoms with Gasteiger partial charge in [-0.15, -0.1) is 11.3 Å². The third-order valence-corrected chi connectivity index (χ3v) is 6.93. The number of carbonyl (C=O) groups is 2. The zero-order valence-corrected chi connectivity index (χ0v) is 18.5. The van der Waals surface area contributed by atoms with E-state index in [2.05, 4.69) is 10.3 Å². The number of ketones is 2. The van der Waals surface area contributed by atoms with Crippen molar-refractivity contribution < 1.29 is 9.59 Å². The largest absolute Gasteiger partial charge is 0.397 e. The van der Waals surface area contributed by atoms with Crippen LogP contribution >= 0.6 is 34.5 Å². The maximum absolute atomic E-state index is 13.2. The Morgan fingerprint density at radius 1 is 1.20 bits per heavy atom. The van der Waals surface area contributed by atoms with Gasteiger partial charge < -0.3 is 11.1 Å². The second kappa shape index (κ2) is 7.87. The van der Waals surface area contributed by atoms with E-state index in [1.807, 2.05) is 19.1 Å². The molecular weight excluding hydrogens is 441 g/mol. The Morgan fingerprint density at radius 3 is 2.60 bits per heavy atom. The summed E-state index contributed by atoms with van der Waals surface area (Å²) in [5.74, 6) is -0.722. The molecule has 5 nitrogen and oxygen atoms in total. The third-order valence-electron chi connectivity index (χ3n) is 5.05. The number of nitrogens with two attached hydrogens (primary N) is 1. The second-order valence-electron chi connectivity index (χ2n) is 6.98. The van der Waals surface area contributed by atoms with Gasteiger partial charge >= 0.3 is 0 Å². The highest BCUT2D eigenvalue weighted by Crippen LogP contribution is 2.50. The molecule has 4 rings (SSSR count). The van der Waals surface area contributed by atoms with E-state index < -0.39 is 5.92 Å². The average molecular weight is 458 g/mol. The molecule has 0 aliphatic carbocycles. The molecule has 0 bridgehead atoms. The number of aromatic nitrogens is 1. The molecule has 1 aromatic carbocycles.